The maximum atomic E-state index is 10.9. The van der Waals surface area contributed by atoms with Gasteiger partial charge < -0.3 is 4.42 Å². The number of aromatic amines is 1. The quantitative estimate of drug-likeness (QED) is 0.766. The zero-order valence-electron chi connectivity index (χ0n) is 8.94. The van der Waals surface area contributed by atoms with Crippen LogP contribution in [-0.2, 0) is 4.79 Å². The number of thioether (sulfide) groups is 1. The van der Waals surface area contributed by atoms with E-state index in [1.165, 1.54) is 6.92 Å². The predicted octanol–water partition coefficient (Wildman–Crippen LogP) is 1.15. The van der Waals surface area contributed by atoms with Crippen molar-refractivity contribution in [3.8, 4) is 11.8 Å². The van der Waals surface area contributed by atoms with E-state index in [1.54, 1.807) is 12.3 Å². The number of carbonyl (C=O) groups is 1. The Morgan fingerprint density at radius 3 is 3.24 bits per heavy atom. The maximum Gasteiger partial charge on any atom is 0.418 e. The van der Waals surface area contributed by atoms with Gasteiger partial charge in [0.1, 0.15) is 0 Å². The monoisotopic (exact) mass is 248 g/mol. The van der Waals surface area contributed by atoms with Crippen molar-refractivity contribution in [1.82, 2.24) is 9.97 Å². The fraction of sp³-hybridized carbons (Fsp3) is 0.182. The number of carbonyl (C=O) groups excluding carboxylic acids is 1. The molecule has 17 heavy (non-hydrogen) atoms. The lowest BCUT2D eigenvalue weighted by atomic mass is 10.3. The van der Waals surface area contributed by atoms with Crippen LogP contribution < -0.4 is 5.76 Å². The molecule has 86 valence electrons. The summed E-state index contributed by atoms with van der Waals surface area (Å²) >= 11 is 1.15. The lowest BCUT2D eigenvalue weighted by Crippen LogP contribution is -1.93. The van der Waals surface area contributed by atoms with E-state index in [-0.39, 0.29) is 5.12 Å². The summed E-state index contributed by atoms with van der Waals surface area (Å²) in [6.45, 7) is 1.49. The molecule has 0 radical (unpaired) electrons. The van der Waals surface area contributed by atoms with Crippen LogP contribution in [0.2, 0.25) is 0 Å². The Balaban J connectivity index is 2.18. The van der Waals surface area contributed by atoms with Gasteiger partial charge in [0.15, 0.2) is 16.3 Å². The van der Waals surface area contributed by atoms with Crippen molar-refractivity contribution in [1.29, 1.82) is 0 Å². The average Bonchev–Trinajstić information content (AvgIpc) is 2.63. The van der Waals surface area contributed by atoms with Crippen LogP contribution in [0.3, 0.4) is 0 Å². The van der Waals surface area contributed by atoms with Crippen LogP contribution >= 0.6 is 11.8 Å². The molecule has 0 fully saturated rings. The summed E-state index contributed by atoms with van der Waals surface area (Å²) in [7, 11) is 0. The number of nitrogens with zero attached hydrogens (tertiary/aromatic N) is 1. The van der Waals surface area contributed by atoms with Gasteiger partial charge in [-0.3, -0.25) is 9.78 Å². The van der Waals surface area contributed by atoms with Gasteiger partial charge >= 0.3 is 5.76 Å². The maximum absolute atomic E-state index is 10.9. The molecule has 0 aromatic carbocycles. The lowest BCUT2D eigenvalue weighted by molar-refractivity contribution is -0.109. The van der Waals surface area contributed by atoms with E-state index in [0.29, 0.717) is 22.5 Å². The minimum atomic E-state index is -0.537. The molecule has 0 bridgehead atoms. The molecule has 2 aromatic rings. The Morgan fingerprint density at radius 2 is 2.47 bits per heavy atom. The number of nitrogens with one attached hydrogen (secondary N) is 1. The molecule has 2 rings (SSSR count). The molecule has 0 atom stereocenters. The molecule has 0 saturated carbocycles. The van der Waals surface area contributed by atoms with Crippen LogP contribution in [0.5, 0.6) is 0 Å². The van der Waals surface area contributed by atoms with Crippen LogP contribution in [0.15, 0.2) is 21.5 Å². The third-order valence-electron chi connectivity index (χ3n) is 1.86. The van der Waals surface area contributed by atoms with Gasteiger partial charge in [0.05, 0.1) is 5.75 Å². The van der Waals surface area contributed by atoms with Gasteiger partial charge in [-0.25, -0.2) is 9.78 Å². The number of hydrogen-bond acceptors (Lipinski definition) is 5. The molecule has 0 aliphatic heterocycles. The van der Waals surface area contributed by atoms with Crippen molar-refractivity contribution in [2.24, 2.45) is 0 Å². The Kier molecular flexibility index (Phi) is 3.30. The summed E-state index contributed by atoms with van der Waals surface area (Å²) in [6, 6.07) is 1.63. The van der Waals surface area contributed by atoms with Crippen LogP contribution in [0.1, 0.15) is 12.5 Å². The molecule has 0 amide bonds. The number of oxazole rings is 1. The number of H-pyrrole nitrogens is 1. The zero-order valence-corrected chi connectivity index (χ0v) is 9.76. The lowest BCUT2D eigenvalue weighted by Gasteiger charge is -1.89. The summed E-state index contributed by atoms with van der Waals surface area (Å²) in [5.74, 6) is 5.56. The first-order valence-corrected chi connectivity index (χ1v) is 5.75. The molecule has 2 heterocycles. The van der Waals surface area contributed by atoms with E-state index < -0.39 is 5.76 Å². The van der Waals surface area contributed by atoms with Crippen molar-refractivity contribution in [3.63, 3.8) is 0 Å². The summed E-state index contributed by atoms with van der Waals surface area (Å²) in [4.78, 5) is 28.0. The first-order chi connectivity index (χ1) is 8.15. The second-order valence-corrected chi connectivity index (χ2v) is 4.32. The molecule has 1 N–H and O–H groups in total. The summed E-state index contributed by atoms with van der Waals surface area (Å²) in [5.41, 5.74) is 1.42. The molecule has 2 aromatic heterocycles. The number of hydrogen-bond donors (Lipinski definition) is 1. The molecule has 6 heteroatoms. The molecular weight excluding hydrogens is 240 g/mol. The molecule has 0 aliphatic rings. The molecule has 0 saturated heterocycles. The van der Waals surface area contributed by atoms with E-state index in [1.807, 2.05) is 0 Å². The van der Waals surface area contributed by atoms with E-state index in [4.69, 9.17) is 4.42 Å². The summed E-state index contributed by atoms with van der Waals surface area (Å²) < 4.78 is 4.85. The van der Waals surface area contributed by atoms with Gasteiger partial charge in [-0.15, -0.1) is 0 Å². The molecule has 5 nitrogen and oxygen atoms in total. The smallest absolute Gasteiger partial charge is 0.406 e. The highest BCUT2D eigenvalue weighted by molar-refractivity contribution is 8.13. The van der Waals surface area contributed by atoms with Crippen molar-refractivity contribution in [2.75, 3.05) is 5.75 Å². The summed E-state index contributed by atoms with van der Waals surface area (Å²) in [5, 5.41) is 0.0320. The second kappa shape index (κ2) is 4.89. The highest BCUT2D eigenvalue weighted by Crippen LogP contribution is 2.08. The van der Waals surface area contributed by atoms with Gasteiger partial charge in [-0.05, 0) is 0 Å². The number of aromatic nitrogens is 2. The minimum absolute atomic E-state index is 0.0320. The van der Waals surface area contributed by atoms with E-state index in [9.17, 15) is 9.59 Å². The van der Waals surface area contributed by atoms with Gasteiger partial charge in [-0.1, -0.05) is 23.6 Å². The van der Waals surface area contributed by atoms with Crippen molar-refractivity contribution < 1.29 is 9.21 Å². The second-order valence-electron chi connectivity index (χ2n) is 3.17. The third-order valence-corrected chi connectivity index (χ3v) is 2.55. The molecule has 0 spiro atoms. The Bertz CT molecular complexity index is 675. The van der Waals surface area contributed by atoms with Crippen molar-refractivity contribution in [3.05, 3.63) is 28.4 Å². The van der Waals surface area contributed by atoms with Gasteiger partial charge in [0.2, 0.25) is 0 Å². The Labute approximate surface area is 101 Å². The van der Waals surface area contributed by atoms with Crippen molar-refractivity contribution >= 4 is 28.1 Å². The van der Waals surface area contributed by atoms with E-state index >= 15 is 0 Å². The third kappa shape index (κ3) is 2.98. The Morgan fingerprint density at radius 1 is 1.65 bits per heavy atom. The highest BCUT2D eigenvalue weighted by atomic mass is 32.2. The largest absolute Gasteiger partial charge is 0.418 e. The first-order valence-electron chi connectivity index (χ1n) is 4.76. The summed E-state index contributed by atoms with van der Waals surface area (Å²) in [6.07, 6.45) is 1.54. The minimum Gasteiger partial charge on any atom is -0.406 e. The molecule has 0 aliphatic carbocycles. The topological polar surface area (TPSA) is 76.0 Å². The number of fused-ring (bicyclic) bond motifs is 1. The fourth-order valence-electron chi connectivity index (χ4n) is 1.18. The van der Waals surface area contributed by atoms with Gasteiger partial charge in [-0.2, -0.15) is 0 Å². The normalized spacial score (nSPS) is 9.94. The Hall–Kier alpha value is -2.00. The predicted molar refractivity (Wildman–Crippen MR) is 64.6 cm³/mol. The van der Waals surface area contributed by atoms with Crippen LogP contribution in [0, 0.1) is 11.8 Å². The first kappa shape index (κ1) is 11.5. The average molecular weight is 248 g/mol. The van der Waals surface area contributed by atoms with Gasteiger partial charge in [0, 0.05) is 24.8 Å². The van der Waals surface area contributed by atoms with Crippen molar-refractivity contribution in [2.45, 2.75) is 6.92 Å². The SMILES string of the molecule is CC(=O)SCC#Cc1cnc2[nH]c(=O)oc2c1. The van der Waals surface area contributed by atoms with Gasteiger partial charge in [0.25, 0.3) is 0 Å². The van der Waals surface area contributed by atoms with Crippen LogP contribution in [0.25, 0.3) is 11.2 Å². The molecular formula is C11H8N2O3S. The zero-order chi connectivity index (χ0) is 12.3. The number of pyridine rings is 1. The molecule has 0 unspecified atom stereocenters. The van der Waals surface area contributed by atoms with E-state index in [0.717, 1.165) is 11.8 Å². The van der Waals surface area contributed by atoms with Crippen LogP contribution in [-0.4, -0.2) is 20.8 Å². The highest BCUT2D eigenvalue weighted by Gasteiger charge is 2.01. The number of rotatable bonds is 1. The van der Waals surface area contributed by atoms with Crippen LogP contribution in [0.4, 0.5) is 0 Å². The van der Waals surface area contributed by atoms with E-state index in [2.05, 4.69) is 21.8 Å². The standard InChI is InChI=1S/C11H8N2O3S/c1-7(14)17-4-2-3-8-5-9-10(12-6-8)13-11(15)16-9/h5-6H,4H2,1H3,(H,12,13,15). The fourth-order valence-corrected chi connectivity index (χ4v) is 1.53.